The van der Waals surface area contributed by atoms with E-state index in [1.165, 1.54) is 22.5 Å². The Hall–Kier alpha value is -0.980. The Labute approximate surface area is 133 Å². The summed E-state index contributed by atoms with van der Waals surface area (Å²) in [5, 5.41) is 0. The first-order chi connectivity index (χ1) is 10.5. The van der Waals surface area contributed by atoms with Crippen molar-refractivity contribution in [3.05, 3.63) is 30.1 Å². The van der Waals surface area contributed by atoms with Gasteiger partial charge >= 0.3 is 0 Å². The Balaban J connectivity index is 1.99. The molecule has 4 nitrogen and oxygen atoms in total. The first-order valence-electron chi connectivity index (χ1n) is 7.95. The molecule has 0 radical (unpaired) electrons. The number of hydrogen-bond donors (Lipinski definition) is 0. The van der Waals surface area contributed by atoms with E-state index < -0.39 is 15.8 Å². The van der Waals surface area contributed by atoms with Crippen molar-refractivity contribution in [1.29, 1.82) is 0 Å². The van der Waals surface area contributed by atoms with Gasteiger partial charge in [0.1, 0.15) is 5.82 Å². The molecule has 1 aliphatic heterocycles. The number of nitrogens with zero attached hydrogens (tertiary/aromatic N) is 2. The predicted octanol–water partition coefficient (Wildman–Crippen LogP) is 2.57. The lowest BCUT2D eigenvalue weighted by Crippen LogP contribution is -2.49. The summed E-state index contributed by atoms with van der Waals surface area (Å²) in [6.45, 7) is 7.84. The second kappa shape index (κ2) is 7.53. The number of rotatable bonds is 6. The van der Waals surface area contributed by atoms with Crippen molar-refractivity contribution in [1.82, 2.24) is 9.21 Å². The first kappa shape index (κ1) is 17.4. The van der Waals surface area contributed by atoms with Gasteiger partial charge in [0.15, 0.2) is 0 Å². The fourth-order valence-corrected chi connectivity index (χ4v) is 4.30. The van der Waals surface area contributed by atoms with Crippen molar-refractivity contribution in [2.24, 2.45) is 5.92 Å². The Morgan fingerprint density at radius 1 is 1.14 bits per heavy atom. The molecule has 0 bridgehead atoms. The largest absolute Gasteiger partial charge is 0.300 e. The van der Waals surface area contributed by atoms with E-state index in [4.69, 9.17) is 0 Å². The lowest BCUT2D eigenvalue weighted by atomic mass is 10.0. The molecule has 22 heavy (non-hydrogen) atoms. The van der Waals surface area contributed by atoms with Gasteiger partial charge in [-0.1, -0.05) is 32.8 Å². The smallest absolute Gasteiger partial charge is 0.243 e. The minimum Gasteiger partial charge on any atom is -0.300 e. The summed E-state index contributed by atoms with van der Waals surface area (Å²) in [6.07, 6.45) is 2.30. The van der Waals surface area contributed by atoms with Crippen LogP contribution in [0.15, 0.2) is 29.2 Å². The van der Waals surface area contributed by atoms with Crippen LogP contribution in [0.25, 0.3) is 0 Å². The maximum atomic E-state index is 13.3. The summed E-state index contributed by atoms with van der Waals surface area (Å²) >= 11 is 0. The monoisotopic (exact) mass is 328 g/mol. The first-order valence-corrected chi connectivity index (χ1v) is 9.39. The molecule has 0 atom stereocenters. The SMILES string of the molecule is CCC(CC)CN1CCN(S(=O)(=O)c2cccc(F)c2)CC1. The van der Waals surface area contributed by atoms with Crippen molar-refractivity contribution >= 4 is 10.0 Å². The van der Waals surface area contributed by atoms with Crippen LogP contribution < -0.4 is 0 Å². The zero-order valence-corrected chi connectivity index (χ0v) is 14.2. The van der Waals surface area contributed by atoms with Crippen LogP contribution in [0.3, 0.4) is 0 Å². The number of benzene rings is 1. The average molecular weight is 328 g/mol. The number of hydrogen-bond acceptors (Lipinski definition) is 3. The van der Waals surface area contributed by atoms with Crippen LogP contribution in [0.4, 0.5) is 4.39 Å². The van der Waals surface area contributed by atoms with Gasteiger partial charge in [0.2, 0.25) is 10.0 Å². The van der Waals surface area contributed by atoms with Gasteiger partial charge in [-0.3, -0.25) is 0 Å². The summed E-state index contributed by atoms with van der Waals surface area (Å²) in [5.41, 5.74) is 0. The Morgan fingerprint density at radius 3 is 2.32 bits per heavy atom. The van der Waals surface area contributed by atoms with E-state index in [-0.39, 0.29) is 4.90 Å². The highest BCUT2D eigenvalue weighted by atomic mass is 32.2. The summed E-state index contributed by atoms with van der Waals surface area (Å²) in [5.74, 6) is 0.153. The number of halogens is 1. The lowest BCUT2D eigenvalue weighted by Gasteiger charge is -2.35. The standard InChI is InChI=1S/C16H25FN2O2S/c1-3-14(4-2)13-18-8-10-19(11-9-18)22(20,21)16-7-5-6-15(17)12-16/h5-7,12,14H,3-4,8-11,13H2,1-2H3. The molecular weight excluding hydrogens is 303 g/mol. The molecule has 1 aromatic rings. The molecule has 124 valence electrons. The number of sulfonamides is 1. The molecule has 1 heterocycles. The minimum atomic E-state index is -3.58. The molecule has 1 saturated heterocycles. The van der Waals surface area contributed by atoms with E-state index in [9.17, 15) is 12.8 Å². The summed E-state index contributed by atoms with van der Waals surface area (Å²) in [7, 11) is -3.58. The van der Waals surface area contributed by atoms with E-state index >= 15 is 0 Å². The Bertz CT molecular complexity index is 580. The van der Waals surface area contributed by atoms with Gasteiger partial charge in [-0.15, -0.1) is 0 Å². The van der Waals surface area contributed by atoms with Crippen LogP contribution >= 0.6 is 0 Å². The van der Waals surface area contributed by atoms with E-state index in [1.807, 2.05) is 0 Å². The second-order valence-corrected chi connectivity index (χ2v) is 7.78. The van der Waals surface area contributed by atoms with Gasteiger partial charge in [0.05, 0.1) is 4.90 Å². The molecule has 0 N–H and O–H groups in total. The van der Waals surface area contributed by atoms with Gasteiger partial charge < -0.3 is 4.90 Å². The highest BCUT2D eigenvalue weighted by Crippen LogP contribution is 2.19. The molecule has 0 amide bonds. The second-order valence-electron chi connectivity index (χ2n) is 5.84. The molecule has 1 aromatic carbocycles. The molecule has 1 fully saturated rings. The Kier molecular flexibility index (Phi) is 5.94. The Morgan fingerprint density at radius 2 is 1.77 bits per heavy atom. The molecular formula is C16H25FN2O2S. The van der Waals surface area contributed by atoms with Crippen LogP contribution in [0.1, 0.15) is 26.7 Å². The van der Waals surface area contributed by atoms with Crippen molar-refractivity contribution in [2.45, 2.75) is 31.6 Å². The van der Waals surface area contributed by atoms with Crippen molar-refractivity contribution < 1.29 is 12.8 Å². The van der Waals surface area contributed by atoms with Crippen LogP contribution in [0, 0.1) is 11.7 Å². The van der Waals surface area contributed by atoms with Gasteiger partial charge in [-0.2, -0.15) is 4.31 Å². The highest BCUT2D eigenvalue weighted by molar-refractivity contribution is 7.89. The third-order valence-electron chi connectivity index (χ3n) is 4.44. The van der Waals surface area contributed by atoms with E-state index in [1.54, 1.807) is 0 Å². The van der Waals surface area contributed by atoms with E-state index in [2.05, 4.69) is 18.7 Å². The third-order valence-corrected chi connectivity index (χ3v) is 6.33. The molecule has 0 saturated carbocycles. The van der Waals surface area contributed by atoms with Crippen LogP contribution in [-0.4, -0.2) is 50.3 Å². The van der Waals surface area contributed by atoms with Crippen LogP contribution in [0.5, 0.6) is 0 Å². The van der Waals surface area contributed by atoms with Crippen molar-refractivity contribution in [3.8, 4) is 0 Å². The average Bonchev–Trinajstić information content (AvgIpc) is 2.53. The maximum absolute atomic E-state index is 13.3. The van der Waals surface area contributed by atoms with E-state index in [0.29, 0.717) is 19.0 Å². The quantitative estimate of drug-likeness (QED) is 0.806. The van der Waals surface area contributed by atoms with Gasteiger partial charge in [-0.25, -0.2) is 12.8 Å². The topological polar surface area (TPSA) is 40.6 Å². The third kappa shape index (κ3) is 4.06. The molecule has 0 aromatic heterocycles. The minimum absolute atomic E-state index is 0.0425. The molecule has 2 rings (SSSR count). The summed E-state index contributed by atoms with van der Waals surface area (Å²) < 4.78 is 39.8. The molecule has 0 aliphatic carbocycles. The zero-order valence-electron chi connectivity index (χ0n) is 13.3. The van der Waals surface area contributed by atoms with Crippen molar-refractivity contribution in [3.63, 3.8) is 0 Å². The normalized spacial score (nSPS) is 18.0. The predicted molar refractivity (Wildman–Crippen MR) is 85.7 cm³/mol. The van der Waals surface area contributed by atoms with Gasteiger partial charge in [0.25, 0.3) is 0 Å². The summed E-state index contributed by atoms with van der Waals surface area (Å²) in [4.78, 5) is 2.37. The van der Waals surface area contributed by atoms with Crippen LogP contribution in [-0.2, 0) is 10.0 Å². The van der Waals surface area contributed by atoms with Gasteiger partial charge in [0, 0.05) is 32.7 Å². The van der Waals surface area contributed by atoms with Gasteiger partial charge in [-0.05, 0) is 24.1 Å². The van der Waals surface area contributed by atoms with Crippen molar-refractivity contribution in [2.75, 3.05) is 32.7 Å². The fourth-order valence-electron chi connectivity index (χ4n) is 2.84. The van der Waals surface area contributed by atoms with Crippen LogP contribution in [0.2, 0.25) is 0 Å². The highest BCUT2D eigenvalue weighted by Gasteiger charge is 2.29. The number of piperazine rings is 1. The fraction of sp³-hybridized carbons (Fsp3) is 0.625. The lowest BCUT2D eigenvalue weighted by molar-refractivity contribution is 0.161. The maximum Gasteiger partial charge on any atom is 0.243 e. The zero-order chi connectivity index (χ0) is 16.2. The molecule has 0 spiro atoms. The van der Waals surface area contributed by atoms with E-state index in [0.717, 1.165) is 38.5 Å². The molecule has 0 unspecified atom stereocenters. The molecule has 6 heteroatoms. The summed E-state index contributed by atoms with van der Waals surface area (Å²) in [6, 6.07) is 5.24. The molecule has 1 aliphatic rings.